The molecule has 0 fully saturated rings. The minimum absolute atomic E-state index is 0.0413. The average Bonchev–Trinajstić information content (AvgIpc) is 2.61. The molecule has 2 atom stereocenters. The molecule has 25 heavy (non-hydrogen) atoms. The summed E-state index contributed by atoms with van der Waals surface area (Å²) in [6.07, 6.45) is 0.638. The molecule has 0 spiro atoms. The Morgan fingerprint density at radius 2 is 1.88 bits per heavy atom. The van der Waals surface area contributed by atoms with Crippen molar-refractivity contribution >= 4 is 23.2 Å². The first kappa shape index (κ1) is 17.0. The van der Waals surface area contributed by atoms with E-state index in [9.17, 15) is 9.59 Å². The van der Waals surface area contributed by atoms with Crippen LogP contribution in [0.3, 0.4) is 0 Å². The highest BCUT2D eigenvalue weighted by atomic mass is 16.2. The molecule has 5 nitrogen and oxygen atoms in total. The van der Waals surface area contributed by atoms with Crippen LogP contribution in [0, 0.1) is 0 Å². The van der Waals surface area contributed by atoms with E-state index in [1.165, 1.54) is 6.92 Å². The Morgan fingerprint density at radius 1 is 1.20 bits per heavy atom. The molecule has 130 valence electrons. The maximum Gasteiger partial charge on any atom is 0.258 e. The topological polar surface area (TPSA) is 61.4 Å². The summed E-state index contributed by atoms with van der Waals surface area (Å²) in [7, 11) is 0. The highest BCUT2D eigenvalue weighted by Crippen LogP contribution is 2.35. The Hall–Kier alpha value is -2.82. The van der Waals surface area contributed by atoms with Crippen LogP contribution in [0.4, 0.5) is 11.4 Å². The maximum atomic E-state index is 13.0. The number of para-hydroxylation sites is 1. The second-order valence-electron chi connectivity index (χ2n) is 6.37. The van der Waals surface area contributed by atoms with Gasteiger partial charge < -0.3 is 15.5 Å². The molecule has 2 N–H and O–H groups in total. The quantitative estimate of drug-likeness (QED) is 0.886. The number of carbonyl (C=O) groups excluding carboxylic acids is 2. The van der Waals surface area contributed by atoms with Crippen LogP contribution in [0.5, 0.6) is 0 Å². The van der Waals surface area contributed by atoms with Gasteiger partial charge in [0, 0.05) is 24.3 Å². The molecule has 1 heterocycles. The van der Waals surface area contributed by atoms with Crippen LogP contribution in [0.2, 0.25) is 0 Å². The molecular formula is C20H23N3O2. The summed E-state index contributed by atoms with van der Waals surface area (Å²) < 4.78 is 0. The summed E-state index contributed by atoms with van der Waals surface area (Å²) in [5, 5.41) is 6.25. The van der Waals surface area contributed by atoms with Gasteiger partial charge in [0.05, 0.1) is 5.56 Å². The molecule has 0 aromatic heterocycles. The maximum absolute atomic E-state index is 13.0. The molecule has 0 saturated carbocycles. The van der Waals surface area contributed by atoms with Crippen molar-refractivity contribution in [2.45, 2.75) is 39.4 Å². The molecule has 5 heteroatoms. The van der Waals surface area contributed by atoms with E-state index in [4.69, 9.17) is 0 Å². The minimum Gasteiger partial charge on any atom is -0.361 e. The SMILES string of the molecule is CC[C@H](C)N1C(=O)c2ccccc2N[C@@H]1c1ccc(NC(C)=O)cc1. The van der Waals surface area contributed by atoms with Crippen molar-refractivity contribution < 1.29 is 9.59 Å². The zero-order valence-electron chi connectivity index (χ0n) is 14.7. The van der Waals surface area contributed by atoms with E-state index in [2.05, 4.69) is 24.5 Å². The van der Waals surface area contributed by atoms with Gasteiger partial charge in [-0.25, -0.2) is 0 Å². The fourth-order valence-corrected chi connectivity index (χ4v) is 3.12. The lowest BCUT2D eigenvalue weighted by atomic mass is 10.0. The Morgan fingerprint density at radius 3 is 2.52 bits per heavy atom. The van der Waals surface area contributed by atoms with Crippen molar-refractivity contribution in [3.05, 3.63) is 59.7 Å². The number of nitrogens with zero attached hydrogens (tertiary/aromatic N) is 1. The van der Waals surface area contributed by atoms with E-state index in [0.717, 1.165) is 23.4 Å². The fourth-order valence-electron chi connectivity index (χ4n) is 3.12. The first-order chi connectivity index (χ1) is 12.0. The second kappa shape index (κ2) is 6.97. The number of fused-ring (bicyclic) bond motifs is 1. The third-order valence-corrected chi connectivity index (χ3v) is 4.57. The molecule has 2 aromatic carbocycles. The molecule has 1 aliphatic rings. The van der Waals surface area contributed by atoms with E-state index in [1.54, 1.807) is 0 Å². The number of hydrogen-bond acceptors (Lipinski definition) is 3. The Balaban J connectivity index is 1.97. The van der Waals surface area contributed by atoms with Gasteiger partial charge in [-0.05, 0) is 43.2 Å². The first-order valence-corrected chi connectivity index (χ1v) is 8.57. The smallest absolute Gasteiger partial charge is 0.258 e. The molecular weight excluding hydrogens is 314 g/mol. The zero-order valence-corrected chi connectivity index (χ0v) is 14.7. The highest BCUT2D eigenvalue weighted by molar-refractivity contribution is 6.02. The van der Waals surface area contributed by atoms with E-state index < -0.39 is 0 Å². The molecule has 3 rings (SSSR count). The highest BCUT2D eigenvalue weighted by Gasteiger charge is 2.35. The van der Waals surface area contributed by atoms with Crippen molar-refractivity contribution in [3.63, 3.8) is 0 Å². The number of rotatable bonds is 4. The summed E-state index contributed by atoms with van der Waals surface area (Å²) in [4.78, 5) is 26.1. The number of hydrogen-bond donors (Lipinski definition) is 2. The summed E-state index contributed by atoms with van der Waals surface area (Å²) in [5.74, 6) is -0.0616. The molecule has 0 radical (unpaired) electrons. The van der Waals surface area contributed by atoms with Crippen molar-refractivity contribution in [2.75, 3.05) is 10.6 Å². The third-order valence-electron chi connectivity index (χ3n) is 4.57. The number of benzene rings is 2. The van der Waals surface area contributed by atoms with Crippen LogP contribution in [-0.2, 0) is 4.79 Å². The molecule has 0 aliphatic carbocycles. The van der Waals surface area contributed by atoms with Crippen molar-refractivity contribution in [3.8, 4) is 0 Å². The monoisotopic (exact) mass is 337 g/mol. The van der Waals surface area contributed by atoms with E-state index >= 15 is 0 Å². The van der Waals surface area contributed by atoms with Gasteiger partial charge in [0.25, 0.3) is 5.91 Å². The van der Waals surface area contributed by atoms with Crippen molar-refractivity contribution in [1.82, 2.24) is 4.90 Å². The van der Waals surface area contributed by atoms with Gasteiger partial charge in [0.15, 0.2) is 0 Å². The molecule has 0 unspecified atom stereocenters. The van der Waals surface area contributed by atoms with Crippen molar-refractivity contribution in [1.29, 1.82) is 0 Å². The van der Waals surface area contributed by atoms with Gasteiger partial charge in [-0.2, -0.15) is 0 Å². The molecule has 2 aromatic rings. The van der Waals surface area contributed by atoms with Gasteiger partial charge in [-0.3, -0.25) is 9.59 Å². The van der Waals surface area contributed by atoms with E-state index in [0.29, 0.717) is 5.56 Å². The van der Waals surface area contributed by atoms with Gasteiger partial charge in [-0.1, -0.05) is 31.2 Å². The number of anilines is 2. The Bertz CT molecular complexity index is 786. The van der Waals surface area contributed by atoms with Crippen LogP contribution in [0.25, 0.3) is 0 Å². The number of carbonyl (C=O) groups is 2. The summed E-state index contributed by atoms with van der Waals surface area (Å²) >= 11 is 0. The van der Waals surface area contributed by atoms with E-state index in [-0.39, 0.29) is 24.0 Å². The lowest BCUT2D eigenvalue weighted by Crippen LogP contribution is -2.47. The molecule has 0 saturated heterocycles. The van der Waals surface area contributed by atoms with Crippen LogP contribution >= 0.6 is 0 Å². The molecule has 0 bridgehead atoms. The Kier molecular flexibility index (Phi) is 4.74. The van der Waals surface area contributed by atoms with Gasteiger partial charge in [0.2, 0.25) is 5.91 Å². The van der Waals surface area contributed by atoms with Crippen LogP contribution < -0.4 is 10.6 Å². The fraction of sp³-hybridized carbons (Fsp3) is 0.300. The second-order valence-corrected chi connectivity index (χ2v) is 6.37. The molecule has 2 amide bonds. The Labute approximate surface area is 148 Å². The number of amides is 2. The predicted octanol–water partition coefficient (Wildman–Crippen LogP) is 4.01. The predicted molar refractivity (Wildman–Crippen MR) is 99.5 cm³/mol. The van der Waals surface area contributed by atoms with Crippen LogP contribution in [0.1, 0.15) is 49.3 Å². The van der Waals surface area contributed by atoms with Crippen molar-refractivity contribution in [2.24, 2.45) is 0 Å². The largest absolute Gasteiger partial charge is 0.361 e. The van der Waals surface area contributed by atoms with E-state index in [1.807, 2.05) is 53.4 Å². The standard InChI is InChI=1S/C20H23N3O2/c1-4-13(2)23-19(15-9-11-16(12-10-15)21-14(3)24)22-18-8-6-5-7-17(18)20(23)25/h5-13,19,22H,4H2,1-3H3,(H,21,24)/t13-,19-/m0/s1. The lowest BCUT2D eigenvalue weighted by molar-refractivity contribution is -0.114. The lowest BCUT2D eigenvalue weighted by Gasteiger charge is -2.41. The normalized spacial score (nSPS) is 17.5. The minimum atomic E-state index is -0.233. The molecule has 1 aliphatic heterocycles. The summed E-state index contributed by atoms with van der Waals surface area (Å²) in [5.41, 5.74) is 3.28. The summed E-state index contributed by atoms with van der Waals surface area (Å²) in [6.45, 7) is 5.62. The summed E-state index contributed by atoms with van der Waals surface area (Å²) in [6, 6.07) is 15.3. The van der Waals surface area contributed by atoms with Gasteiger partial charge in [0.1, 0.15) is 6.17 Å². The third kappa shape index (κ3) is 3.36. The number of nitrogens with one attached hydrogen (secondary N) is 2. The first-order valence-electron chi connectivity index (χ1n) is 8.57. The van der Waals surface area contributed by atoms with Crippen LogP contribution in [-0.4, -0.2) is 22.8 Å². The van der Waals surface area contributed by atoms with Crippen LogP contribution in [0.15, 0.2) is 48.5 Å². The average molecular weight is 337 g/mol. The van der Waals surface area contributed by atoms with Gasteiger partial charge >= 0.3 is 0 Å². The zero-order chi connectivity index (χ0) is 18.0. The van der Waals surface area contributed by atoms with Gasteiger partial charge in [-0.15, -0.1) is 0 Å².